The largest absolute Gasteiger partial charge is 0.573 e. The molecule has 0 fully saturated rings. The van der Waals surface area contributed by atoms with Gasteiger partial charge in [-0.3, -0.25) is 0 Å². The molecule has 0 radical (unpaired) electrons. The number of ether oxygens (including phenoxy) is 2. The number of carbonyl (C=O) groups excluding carboxylic acids is 1. The Bertz CT molecular complexity index is 495. The van der Waals surface area contributed by atoms with Crippen LogP contribution in [-0.4, -0.2) is 24.0 Å². The monoisotopic (exact) mass is 305 g/mol. The van der Waals surface area contributed by atoms with Crippen LogP contribution in [0.15, 0.2) is 24.3 Å². The molecule has 0 aliphatic heterocycles. The van der Waals surface area contributed by atoms with Gasteiger partial charge in [-0.25, -0.2) is 4.79 Å². The molecule has 0 saturated heterocycles. The van der Waals surface area contributed by atoms with Crippen molar-refractivity contribution in [2.75, 3.05) is 5.32 Å². The van der Waals surface area contributed by atoms with Gasteiger partial charge in [0.25, 0.3) is 0 Å². The third-order valence-electron chi connectivity index (χ3n) is 2.25. The molecular formula is C14H18F3NO3. The van der Waals surface area contributed by atoms with E-state index in [1.54, 1.807) is 20.8 Å². The molecule has 21 heavy (non-hydrogen) atoms. The van der Waals surface area contributed by atoms with Gasteiger partial charge in [0.05, 0.1) is 5.69 Å². The first-order valence-corrected chi connectivity index (χ1v) is 6.32. The van der Waals surface area contributed by atoms with Crippen LogP contribution in [0.2, 0.25) is 0 Å². The summed E-state index contributed by atoms with van der Waals surface area (Å²) in [6, 6.07) is 4.68. The zero-order valence-electron chi connectivity index (χ0n) is 12.2. The zero-order valence-corrected chi connectivity index (χ0v) is 12.2. The highest BCUT2D eigenvalue weighted by molar-refractivity contribution is 5.80. The Hall–Kier alpha value is -1.92. The molecular weight excluding hydrogens is 287 g/mol. The lowest BCUT2D eigenvalue weighted by Crippen LogP contribution is -2.34. The molecule has 4 nitrogen and oxygen atoms in total. The number of esters is 1. The summed E-state index contributed by atoms with van der Waals surface area (Å²) >= 11 is 0. The van der Waals surface area contributed by atoms with E-state index in [0.29, 0.717) is 0 Å². The van der Waals surface area contributed by atoms with Gasteiger partial charge in [-0.15, -0.1) is 13.2 Å². The fourth-order valence-electron chi connectivity index (χ4n) is 1.48. The molecule has 1 N–H and O–H groups in total. The van der Waals surface area contributed by atoms with Gasteiger partial charge in [-0.2, -0.15) is 0 Å². The van der Waals surface area contributed by atoms with E-state index in [2.05, 4.69) is 10.1 Å². The lowest BCUT2D eigenvalue weighted by molar-refractivity contribution is -0.274. The van der Waals surface area contributed by atoms with Crippen molar-refractivity contribution in [3.05, 3.63) is 24.3 Å². The number of benzene rings is 1. The second-order valence-corrected chi connectivity index (χ2v) is 5.44. The fraction of sp³-hybridized carbons (Fsp3) is 0.500. The van der Waals surface area contributed by atoms with E-state index in [-0.39, 0.29) is 5.69 Å². The quantitative estimate of drug-likeness (QED) is 0.861. The summed E-state index contributed by atoms with van der Waals surface area (Å²) in [4.78, 5) is 11.8. The molecule has 1 rings (SSSR count). The lowest BCUT2D eigenvalue weighted by Gasteiger charge is -2.23. The van der Waals surface area contributed by atoms with Gasteiger partial charge < -0.3 is 14.8 Å². The van der Waals surface area contributed by atoms with Gasteiger partial charge in [-0.05, 0) is 39.8 Å². The first kappa shape index (κ1) is 17.1. The van der Waals surface area contributed by atoms with E-state index in [4.69, 9.17) is 4.74 Å². The van der Waals surface area contributed by atoms with Crippen LogP contribution in [0.3, 0.4) is 0 Å². The molecule has 7 heteroatoms. The minimum absolute atomic E-state index is 0.0631. The first-order chi connectivity index (χ1) is 9.48. The average molecular weight is 305 g/mol. The minimum atomic E-state index is -4.80. The van der Waals surface area contributed by atoms with Crippen LogP contribution < -0.4 is 10.1 Å². The number of halogens is 3. The Kier molecular flexibility index (Phi) is 5.09. The number of anilines is 1. The Labute approximate surface area is 121 Å². The lowest BCUT2D eigenvalue weighted by atomic mass is 10.2. The molecule has 1 aromatic carbocycles. The Morgan fingerprint density at radius 1 is 1.19 bits per heavy atom. The SMILES string of the molecule is CC(Nc1ccccc1OC(F)(F)F)C(=O)OC(C)(C)C. The van der Waals surface area contributed by atoms with Gasteiger partial charge in [0.15, 0.2) is 5.75 Å². The van der Waals surface area contributed by atoms with Crippen LogP contribution in [0.5, 0.6) is 5.75 Å². The molecule has 0 aliphatic carbocycles. The van der Waals surface area contributed by atoms with Gasteiger partial charge >= 0.3 is 12.3 Å². The van der Waals surface area contributed by atoms with Crippen LogP contribution in [0.4, 0.5) is 18.9 Å². The van der Waals surface area contributed by atoms with Crippen molar-refractivity contribution in [2.24, 2.45) is 0 Å². The van der Waals surface area contributed by atoms with Gasteiger partial charge in [-0.1, -0.05) is 12.1 Å². The van der Waals surface area contributed by atoms with E-state index < -0.39 is 29.7 Å². The number of carbonyl (C=O) groups is 1. The maximum Gasteiger partial charge on any atom is 0.573 e. The van der Waals surface area contributed by atoms with Crippen molar-refractivity contribution in [1.82, 2.24) is 0 Å². The molecule has 0 bridgehead atoms. The highest BCUT2D eigenvalue weighted by atomic mass is 19.4. The van der Waals surface area contributed by atoms with E-state index in [9.17, 15) is 18.0 Å². The molecule has 1 unspecified atom stereocenters. The van der Waals surface area contributed by atoms with Crippen LogP contribution in [0, 0.1) is 0 Å². The van der Waals surface area contributed by atoms with Gasteiger partial charge in [0.1, 0.15) is 11.6 Å². The van der Waals surface area contributed by atoms with Crippen LogP contribution in [-0.2, 0) is 9.53 Å². The molecule has 0 spiro atoms. The second-order valence-electron chi connectivity index (χ2n) is 5.44. The zero-order chi connectivity index (χ0) is 16.3. The molecule has 118 valence electrons. The summed E-state index contributed by atoms with van der Waals surface area (Å²) in [6.07, 6.45) is -4.80. The highest BCUT2D eigenvalue weighted by Crippen LogP contribution is 2.30. The van der Waals surface area contributed by atoms with E-state index in [0.717, 1.165) is 6.07 Å². The summed E-state index contributed by atoms with van der Waals surface area (Å²) in [5.41, 5.74) is -0.608. The maximum absolute atomic E-state index is 12.3. The minimum Gasteiger partial charge on any atom is -0.458 e. The number of alkyl halides is 3. The van der Waals surface area contributed by atoms with E-state index >= 15 is 0 Å². The molecule has 0 aliphatic rings. The van der Waals surface area contributed by atoms with E-state index in [1.165, 1.54) is 25.1 Å². The predicted octanol–water partition coefficient (Wildman–Crippen LogP) is 3.73. The predicted molar refractivity (Wildman–Crippen MR) is 72.1 cm³/mol. The van der Waals surface area contributed by atoms with Crippen molar-refractivity contribution in [3.63, 3.8) is 0 Å². The Balaban J connectivity index is 2.81. The molecule has 0 amide bonds. The Morgan fingerprint density at radius 2 is 1.76 bits per heavy atom. The second kappa shape index (κ2) is 6.24. The first-order valence-electron chi connectivity index (χ1n) is 6.32. The molecule has 1 atom stereocenters. The van der Waals surface area contributed by atoms with Gasteiger partial charge in [0, 0.05) is 0 Å². The van der Waals surface area contributed by atoms with Crippen molar-refractivity contribution in [3.8, 4) is 5.75 Å². The summed E-state index contributed by atoms with van der Waals surface area (Å²) < 4.78 is 45.9. The number of rotatable bonds is 4. The third kappa shape index (κ3) is 6.37. The van der Waals surface area contributed by atoms with Crippen LogP contribution in [0.1, 0.15) is 27.7 Å². The van der Waals surface area contributed by atoms with Crippen molar-refractivity contribution < 1.29 is 27.4 Å². The third-order valence-corrected chi connectivity index (χ3v) is 2.25. The number of para-hydroxylation sites is 2. The maximum atomic E-state index is 12.3. The van der Waals surface area contributed by atoms with Crippen LogP contribution >= 0.6 is 0 Å². The molecule has 0 heterocycles. The number of hydrogen-bond donors (Lipinski definition) is 1. The van der Waals surface area contributed by atoms with Crippen LogP contribution in [0.25, 0.3) is 0 Å². The summed E-state index contributed by atoms with van der Waals surface area (Å²) in [5.74, 6) is -0.968. The summed E-state index contributed by atoms with van der Waals surface area (Å²) in [7, 11) is 0. The topological polar surface area (TPSA) is 47.6 Å². The number of hydrogen-bond acceptors (Lipinski definition) is 4. The van der Waals surface area contributed by atoms with Gasteiger partial charge in [0.2, 0.25) is 0 Å². The molecule has 0 saturated carbocycles. The smallest absolute Gasteiger partial charge is 0.458 e. The van der Waals surface area contributed by atoms with Crippen molar-refractivity contribution in [2.45, 2.75) is 45.7 Å². The molecule has 1 aromatic rings. The standard InChI is InChI=1S/C14H18F3NO3/c1-9(12(19)21-13(2,3)4)18-10-7-5-6-8-11(10)20-14(15,16)17/h5-9,18H,1-4H3. The summed E-state index contributed by atoms with van der Waals surface area (Å²) in [6.45, 7) is 6.62. The fourth-order valence-corrected chi connectivity index (χ4v) is 1.48. The number of nitrogens with one attached hydrogen (secondary N) is 1. The normalized spacial score (nSPS) is 13.5. The van der Waals surface area contributed by atoms with E-state index in [1.807, 2.05) is 0 Å². The Morgan fingerprint density at radius 3 is 2.29 bits per heavy atom. The van der Waals surface area contributed by atoms with Crippen molar-refractivity contribution in [1.29, 1.82) is 0 Å². The highest BCUT2D eigenvalue weighted by Gasteiger charge is 2.32. The molecule has 0 aromatic heterocycles. The van der Waals surface area contributed by atoms with Crippen molar-refractivity contribution >= 4 is 11.7 Å². The summed E-state index contributed by atoms with van der Waals surface area (Å²) in [5, 5.41) is 2.66. The average Bonchev–Trinajstić information content (AvgIpc) is 2.27.